The second kappa shape index (κ2) is 5.40. The smallest absolute Gasteiger partial charge is 0.274 e. The Kier molecular flexibility index (Phi) is 3.85. The number of hydrogen-bond acceptors (Lipinski definition) is 4. The number of hydrogen-bond donors (Lipinski definition) is 1. The summed E-state index contributed by atoms with van der Waals surface area (Å²) in [5.74, 6) is 0. The zero-order valence-electron chi connectivity index (χ0n) is 11.1. The van der Waals surface area contributed by atoms with Crippen molar-refractivity contribution in [2.75, 3.05) is 5.32 Å². The van der Waals surface area contributed by atoms with Crippen molar-refractivity contribution in [1.82, 2.24) is 0 Å². The number of aryl methyl sites for hydroxylation is 2. The quantitative estimate of drug-likeness (QED) is 0.663. The summed E-state index contributed by atoms with van der Waals surface area (Å²) in [6, 6.07) is 9.54. The van der Waals surface area contributed by atoms with Crippen LogP contribution in [0.1, 0.15) is 28.3 Å². The first-order valence-corrected chi connectivity index (χ1v) is 6.87. The minimum Gasteiger partial charge on any atom is -0.378 e. The molecule has 0 radical (unpaired) electrons. The van der Waals surface area contributed by atoms with Crippen molar-refractivity contribution in [1.29, 1.82) is 0 Å². The molecule has 5 heteroatoms. The highest BCUT2D eigenvalue weighted by Gasteiger charge is 2.13. The van der Waals surface area contributed by atoms with Crippen molar-refractivity contribution < 1.29 is 4.92 Å². The molecule has 0 fully saturated rings. The number of nitro benzene ring substituents is 1. The van der Waals surface area contributed by atoms with Gasteiger partial charge in [-0.1, -0.05) is 6.07 Å². The van der Waals surface area contributed by atoms with Gasteiger partial charge in [-0.3, -0.25) is 10.1 Å². The first-order chi connectivity index (χ1) is 8.97. The lowest BCUT2D eigenvalue weighted by atomic mass is 10.1. The van der Waals surface area contributed by atoms with Crippen molar-refractivity contribution >= 4 is 22.7 Å². The highest BCUT2D eigenvalue weighted by Crippen LogP contribution is 2.28. The molecule has 2 aromatic rings. The first kappa shape index (κ1) is 13.5. The van der Waals surface area contributed by atoms with E-state index in [1.807, 2.05) is 6.07 Å². The highest BCUT2D eigenvalue weighted by atomic mass is 32.1. The van der Waals surface area contributed by atoms with Crippen LogP contribution in [-0.4, -0.2) is 4.92 Å². The van der Waals surface area contributed by atoms with Gasteiger partial charge in [-0.25, -0.2) is 0 Å². The average Bonchev–Trinajstić information content (AvgIpc) is 2.78. The standard InChI is InChI=1S/C14H16N2O2S/c1-9-4-6-12(8-13(9)16(17)18)15-11(3)14-7-5-10(2)19-14/h4-8,11,15H,1-3H3. The minimum absolute atomic E-state index is 0.140. The number of nitro groups is 1. The highest BCUT2D eigenvalue weighted by molar-refractivity contribution is 7.12. The molecule has 2 rings (SSSR count). The van der Waals surface area contributed by atoms with Gasteiger partial charge in [0.25, 0.3) is 5.69 Å². The zero-order chi connectivity index (χ0) is 14.0. The average molecular weight is 276 g/mol. The molecule has 1 aromatic carbocycles. The fraction of sp³-hybridized carbons (Fsp3) is 0.286. The van der Waals surface area contributed by atoms with Crippen molar-refractivity contribution in [3.63, 3.8) is 0 Å². The number of anilines is 1. The molecule has 1 unspecified atom stereocenters. The normalized spacial score (nSPS) is 12.2. The molecule has 100 valence electrons. The van der Waals surface area contributed by atoms with Crippen LogP contribution in [0.4, 0.5) is 11.4 Å². The van der Waals surface area contributed by atoms with Gasteiger partial charge < -0.3 is 5.32 Å². The number of rotatable bonds is 4. The SMILES string of the molecule is Cc1ccc(C(C)Nc2ccc(C)c([N+](=O)[O-])c2)s1. The van der Waals surface area contributed by atoms with E-state index in [2.05, 4.69) is 31.3 Å². The molecule has 4 nitrogen and oxygen atoms in total. The van der Waals surface area contributed by atoms with Crippen molar-refractivity contribution in [2.45, 2.75) is 26.8 Å². The third kappa shape index (κ3) is 3.12. The summed E-state index contributed by atoms with van der Waals surface area (Å²) in [5, 5.41) is 14.2. The maximum absolute atomic E-state index is 10.9. The van der Waals surface area contributed by atoms with Gasteiger partial charge in [0.1, 0.15) is 0 Å². The van der Waals surface area contributed by atoms with Gasteiger partial charge in [-0.2, -0.15) is 0 Å². The molecule has 0 saturated heterocycles. The van der Waals surface area contributed by atoms with Crippen LogP contribution < -0.4 is 5.32 Å². The number of thiophene rings is 1. The Morgan fingerprint density at radius 3 is 2.58 bits per heavy atom. The predicted molar refractivity (Wildman–Crippen MR) is 78.9 cm³/mol. The van der Waals surface area contributed by atoms with Gasteiger partial charge in [0.05, 0.1) is 11.0 Å². The first-order valence-electron chi connectivity index (χ1n) is 6.05. The van der Waals surface area contributed by atoms with Gasteiger partial charge in [-0.15, -0.1) is 11.3 Å². The van der Waals surface area contributed by atoms with Crippen molar-refractivity contribution in [3.05, 3.63) is 55.8 Å². The van der Waals surface area contributed by atoms with Gasteiger partial charge in [0.15, 0.2) is 0 Å². The maximum atomic E-state index is 10.9. The van der Waals surface area contributed by atoms with E-state index in [0.29, 0.717) is 5.56 Å². The lowest BCUT2D eigenvalue weighted by Crippen LogP contribution is -2.05. The Balaban J connectivity index is 2.19. The zero-order valence-corrected chi connectivity index (χ0v) is 12.0. The predicted octanol–water partition coefficient (Wildman–Crippen LogP) is 4.45. The van der Waals surface area contributed by atoms with Crippen LogP contribution in [0.15, 0.2) is 30.3 Å². The summed E-state index contributed by atoms with van der Waals surface area (Å²) in [6.07, 6.45) is 0. The van der Waals surface area contributed by atoms with E-state index in [-0.39, 0.29) is 16.7 Å². The Morgan fingerprint density at radius 1 is 1.26 bits per heavy atom. The summed E-state index contributed by atoms with van der Waals surface area (Å²) in [5.41, 5.74) is 1.60. The lowest BCUT2D eigenvalue weighted by molar-refractivity contribution is -0.385. The van der Waals surface area contributed by atoms with Crippen LogP contribution in [0.3, 0.4) is 0 Å². The molecular formula is C14H16N2O2S. The second-order valence-corrected chi connectivity index (χ2v) is 5.89. The second-order valence-electron chi connectivity index (χ2n) is 4.57. The summed E-state index contributed by atoms with van der Waals surface area (Å²) in [6.45, 7) is 5.86. The van der Waals surface area contributed by atoms with Crippen LogP contribution >= 0.6 is 11.3 Å². The Hall–Kier alpha value is -1.88. The molecule has 0 spiro atoms. The molecule has 0 aliphatic rings. The molecule has 19 heavy (non-hydrogen) atoms. The fourth-order valence-electron chi connectivity index (χ4n) is 1.90. The molecule has 0 saturated carbocycles. The summed E-state index contributed by atoms with van der Waals surface area (Å²) >= 11 is 1.73. The van der Waals surface area contributed by atoms with Crippen LogP contribution in [0, 0.1) is 24.0 Å². The minimum atomic E-state index is -0.347. The fourth-order valence-corrected chi connectivity index (χ4v) is 2.78. The van der Waals surface area contributed by atoms with E-state index in [1.54, 1.807) is 30.4 Å². The molecule has 0 aliphatic heterocycles. The summed E-state index contributed by atoms with van der Waals surface area (Å²) in [7, 11) is 0. The van der Waals surface area contributed by atoms with E-state index < -0.39 is 0 Å². The van der Waals surface area contributed by atoms with E-state index in [1.165, 1.54) is 9.75 Å². The third-order valence-corrected chi connectivity index (χ3v) is 4.16. The number of benzene rings is 1. The van der Waals surface area contributed by atoms with E-state index in [9.17, 15) is 10.1 Å². The largest absolute Gasteiger partial charge is 0.378 e. The van der Waals surface area contributed by atoms with Crippen LogP contribution in [-0.2, 0) is 0 Å². The monoisotopic (exact) mass is 276 g/mol. The van der Waals surface area contributed by atoms with Crippen LogP contribution in [0.5, 0.6) is 0 Å². The van der Waals surface area contributed by atoms with Crippen molar-refractivity contribution in [2.24, 2.45) is 0 Å². The Bertz CT molecular complexity index is 607. The molecule has 0 aliphatic carbocycles. The Morgan fingerprint density at radius 2 is 2.00 bits per heavy atom. The molecule has 1 atom stereocenters. The van der Waals surface area contributed by atoms with Gasteiger partial charge in [-0.05, 0) is 39.0 Å². The molecule has 1 aromatic heterocycles. The van der Waals surface area contributed by atoms with Gasteiger partial charge >= 0.3 is 0 Å². The van der Waals surface area contributed by atoms with Crippen LogP contribution in [0.2, 0.25) is 0 Å². The Labute approximate surface area is 116 Å². The number of nitrogens with zero attached hydrogens (tertiary/aromatic N) is 1. The van der Waals surface area contributed by atoms with Gasteiger partial charge in [0.2, 0.25) is 0 Å². The molecular weight excluding hydrogens is 260 g/mol. The molecule has 1 heterocycles. The van der Waals surface area contributed by atoms with E-state index >= 15 is 0 Å². The lowest BCUT2D eigenvalue weighted by Gasteiger charge is -2.14. The third-order valence-electron chi connectivity index (χ3n) is 2.98. The van der Waals surface area contributed by atoms with Gasteiger partial charge in [0, 0.05) is 27.1 Å². The summed E-state index contributed by atoms with van der Waals surface area (Å²) < 4.78 is 0. The van der Waals surface area contributed by atoms with Crippen LogP contribution in [0.25, 0.3) is 0 Å². The molecule has 1 N–H and O–H groups in total. The van der Waals surface area contributed by atoms with E-state index in [0.717, 1.165) is 5.69 Å². The summed E-state index contributed by atoms with van der Waals surface area (Å²) in [4.78, 5) is 13.1. The number of nitrogens with one attached hydrogen (secondary N) is 1. The van der Waals surface area contributed by atoms with Crippen molar-refractivity contribution in [3.8, 4) is 0 Å². The topological polar surface area (TPSA) is 55.2 Å². The maximum Gasteiger partial charge on any atom is 0.274 e. The molecule has 0 bridgehead atoms. The molecule has 0 amide bonds. The van der Waals surface area contributed by atoms with E-state index in [4.69, 9.17) is 0 Å².